The zero-order valence-electron chi connectivity index (χ0n) is 13.4. The molecule has 1 aliphatic heterocycles. The first-order chi connectivity index (χ1) is 10.6. The SMILES string of the molecule is CC(CC(=O)NCC1CNCC1O)NC(=O)C1CCCCC1. The second kappa shape index (κ2) is 8.48. The second-order valence-corrected chi connectivity index (χ2v) is 6.74. The number of hydrogen-bond acceptors (Lipinski definition) is 4. The standard InChI is InChI=1S/C16H29N3O3/c1-11(19-16(22)12-5-3-2-4-6-12)7-15(21)18-9-13-8-17-10-14(13)20/h11-14,17,20H,2-10H2,1H3,(H,18,21)(H,19,22). The van der Waals surface area contributed by atoms with Crippen molar-refractivity contribution in [3.05, 3.63) is 0 Å². The summed E-state index contributed by atoms with van der Waals surface area (Å²) in [6.07, 6.45) is 5.33. The molecule has 0 spiro atoms. The Labute approximate surface area is 132 Å². The molecule has 22 heavy (non-hydrogen) atoms. The van der Waals surface area contributed by atoms with Gasteiger partial charge < -0.3 is 21.1 Å². The van der Waals surface area contributed by atoms with Gasteiger partial charge in [-0.25, -0.2) is 0 Å². The number of hydrogen-bond donors (Lipinski definition) is 4. The number of amides is 2. The maximum Gasteiger partial charge on any atom is 0.223 e. The number of β-amino-alcohol motifs (C(OH)–C–C–N with tert-alkyl or cyclic N) is 1. The van der Waals surface area contributed by atoms with E-state index < -0.39 is 0 Å². The molecule has 0 aromatic heterocycles. The second-order valence-electron chi connectivity index (χ2n) is 6.74. The number of aliphatic hydroxyl groups excluding tert-OH is 1. The Balaban J connectivity index is 1.63. The van der Waals surface area contributed by atoms with Crippen molar-refractivity contribution in [1.82, 2.24) is 16.0 Å². The van der Waals surface area contributed by atoms with Crippen molar-refractivity contribution in [1.29, 1.82) is 0 Å². The van der Waals surface area contributed by atoms with Gasteiger partial charge in [-0.3, -0.25) is 9.59 Å². The maximum atomic E-state index is 12.1. The molecule has 0 aromatic carbocycles. The topological polar surface area (TPSA) is 90.5 Å². The molecule has 2 amide bonds. The average Bonchev–Trinajstić information content (AvgIpc) is 2.91. The summed E-state index contributed by atoms with van der Waals surface area (Å²) in [5, 5.41) is 18.6. The summed E-state index contributed by atoms with van der Waals surface area (Å²) in [6, 6.07) is -0.152. The van der Waals surface area contributed by atoms with Crippen LogP contribution in [0.25, 0.3) is 0 Å². The first-order valence-electron chi connectivity index (χ1n) is 8.52. The van der Waals surface area contributed by atoms with Crippen molar-refractivity contribution in [3.63, 3.8) is 0 Å². The first kappa shape index (κ1) is 17.2. The van der Waals surface area contributed by atoms with E-state index in [1.165, 1.54) is 6.42 Å². The number of carbonyl (C=O) groups excluding carboxylic acids is 2. The van der Waals surface area contributed by atoms with E-state index in [0.29, 0.717) is 13.1 Å². The summed E-state index contributed by atoms with van der Waals surface area (Å²) in [6.45, 7) is 3.67. The minimum atomic E-state index is -0.385. The van der Waals surface area contributed by atoms with Crippen LogP contribution in [0.3, 0.4) is 0 Å². The molecular formula is C16H29N3O3. The van der Waals surface area contributed by atoms with Crippen LogP contribution in [0.5, 0.6) is 0 Å². The molecule has 3 unspecified atom stereocenters. The molecule has 1 aliphatic carbocycles. The zero-order chi connectivity index (χ0) is 15.9. The zero-order valence-corrected chi connectivity index (χ0v) is 13.4. The van der Waals surface area contributed by atoms with Gasteiger partial charge in [0.25, 0.3) is 0 Å². The fourth-order valence-electron chi connectivity index (χ4n) is 3.30. The molecule has 0 bridgehead atoms. The molecule has 1 saturated carbocycles. The van der Waals surface area contributed by atoms with E-state index in [0.717, 1.165) is 32.2 Å². The molecule has 0 aromatic rings. The lowest BCUT2D eigenvalue weighted by atomic mass is 9.88. The van der Waals surface area contributed by atoms with Crippen molar-refractivity contribution in [2.24, 2.45) is 11.8 Å². The molecule has 0 radical (unpaired) electrons. The smallest absolute Gasteiger partial charge is 0.223 e. The van der Waals surface area contributed by atoms with Gasteiger partial charge in [0.15, 0.2) is 0 Å². The summed E-state index contributed by atoms with van der Waals surface area (Å²) >= 11 is 0. The highest BCUT2D eigenvalue weighted by molar-refractivity contribution is 5.81. The van der Waals surface area contributed by atoms with E-state index in [4.69, 9.17) is 0 Å². The summed E-state index contributed by atoms with van der Waals surface area (Å²) < 4.78 is 0. The Morgan fingerprint density at radius 3 is 2.59 bits per heavy atom. The van der Waals surface area contributed by atoms with Gasteiger partial charge in [0, 0.05) is 43.9 Å². The number of rotatable bonds is 6. The molecule has 3 atom stereocenters. The first-order valence-corrected chi connectivity index (χ1v) is 8.52. The highest BCUT2D eigenvalue weighted by atomic mass is 16.3. The molecule has 2 fully saturated rings. The molecule has 6 nitrogen and oxygen atoms in total. The Morgan fingerprint density at radius 1 is 1.23 bits per heavy atom. The maximum absolute atomic E-state index is 12.1. The van der Waals surface area contributed by atoms with Gasteiger partial charge in [-0.15, -0.1) is 0 Å². The lowest BCUT2D eigenvalue weighted by Gasteiger charge is -2.23. The Kier molecular flexibility index (Phi) is 6.64. The molecular weight excluding hydrogens is 282 g/mol. The molecule has 2 aliphatic rings. The highest BCUT2D eigenvalue weighted by Crippen LogP contribution is 2.23. The fraction of sp³-hybridized carbons (Fsp3) is 0.875. The Morgan fingerprint density at radius 2 is 1.95 bits per heavy atom. The molecule has 1 heterocycles. The van der Waals surface area contributed by atoms with Crippen molar-refractivity contribution in [2.45, 2.75) is 57.6 Å². The number of nitrogens with one attached hydrogen (secondary N) is 3. The molecule has 2 rings (SSSR count). The third-order valence-corrected chi connectivity index (χ3v) is 4.72. The summed E-state index contributed by atoms with van der Waals surface area (Å²) in [4.78, 5) is 24.0. The third-order valence-electron chi connectivity index (χ3n) is 4.72. The predicted octanol–water partition coefficient (Wildman–Crippen LogP) is 0.158. The fourth-order valence-corrected chi connectivity index (χ4v) is 3.30. The largest absolute Gasteiger partial charge is 0.391 e. The van der Waals surface area contributed by atoms with Gasteiger partial charge in [0.05, 0.1) is 6.10 Å². The van der Waals surface area contributed by atoms with Crippen LogP contribution in [-0.2, 0) is 9.59 Å². The monoisotopic (exact) mass is 311 g/mol. The van der Waals surface area contributed by atoms with Crippen molar-refractivity contribution < 1.29 is 14.7 Å². The van der Waals surface area contributed by atoms with Gasteiger partial charge in [-0.1, -0.05) is 19.3 Å². The van der Waals surface area contributed by atoms with Gasteiger partial charge >= 0.3 is 0 Å². The Bertz CT molecular complexity index is 383. The Hall–Kier alpha value is -1.14. The lowest BCUT2D eigenvalue weighted by molar-refractivity contribution is -0.127. The third kappa shape index (κ3) is 5.25. The van der Waals surface area contributed by atoms with E-state index in [2.05, 4.69) is 16.0 Å². The van der Waals surface area contributed by atoms with Crippen LogP contribution in [0.2, 0.25) is 0 Å². The number of aliphatic hydroxyl groups is 1. The van der Waals surface area contributed by atoms with Gasteiger partial charge in [0.2, 0.25) is 11.8 Å². The normalized spacial score (nSPS) is 27.4. The van der Waals surface area contributed by atoms with Crippen LogP contribution in [0.1, 0.15) is 45.4 Å². The lowest BCUT2D eigenvalue weighted by Crippen LogP contribution is -2.42. The van der Waals surface area contributed by atoms with Crippen molar-refractivity contribution in [3.8, 4) is 0 Å². The summed E-state index contributed by atoms with van der Waals surface area (Å²) in [7, 11) is 0. The minimum Gasteiger partial charge on any atom is -0.391 e. The highest BCUT2D eigenvalue weighted by Gasteiger charge is 2.26. The molecule has 6 heteroatoms. The van der Waals surface area contributed by atoms with Gasteiger partial charge in [-0.05, 0) is 19.8 Å². The number of carbonyl (C=O) groups is 2. The van der Waals surface area contributed by atoms with Crippen LogP contribution < -0.4 is 16.0 Å². The van der Waals surface area contributed by atoms with Crippen LogP contribution >= 0.6 is 0 Å². The minimum absolute atomic E-state index is 0.0736. The van der Waals surface area contributed by atoms with Gasteiger partial charge in [0.1, 0.15) is 0 Å². The van der Waals surface area contributed by atoms with Crippen LogP contribution in [0.15, 0.2) is 0 Å². The van der Waals surface area contributed by atoms with Crippen LogP contribution in [0.4, 0.5) is 0 Å². The van der Waals surface area contributed by atoms with E-state index in [1.807, 2.05) is 6.92 Å². The summed E-state index contributed by atoms with van der Waals surface area (Å²) in [5.41, 5.74) is 0. The molecule has 1 saturated heterocycles. The van der Waals surface area contributed by atoms with Crippen LogP contribution in [0, 0.1) is 11.8 Å². The van der Waals surface area contributed by atoms with Crippen LogP contribution in [-0.4, -0.2) is 48.7 Å². The predicted molar refractivity (Wildman–Crippen MR) is 84.2 cm³/mol. The average molecular weight is 311 g/mol. The van der Waals surface area contributed by atoms with E-state index in [9.17, 15) is 14.7 Å². The van der Waals surface area contributed by atoms with Crippen molar-refractivity contribution in [2.75, 3.05) is 19.6 Å². The van der Waals surface area contributed by atoms with E-state index >= 15 is 0 Å². The quantitative estimate of drug-likeness (QED) is 0.562. The molecule has 4 N–H and O–H groups in total. The van der Waals surface area contributed by atoms with Crippen molar-refractivity contribution >= 4 is 11.8 Å². The molecule has 126 valence electrons. The van der Waals surface area contributed by atoms with E-state index in [-0.39, 0.29) is 42.2 Å². The summed E-state index contributed by atoms with van der Waals surface area (Å²) in [5.74, 6) is 0.223. The van der Waals surface area contributed by atoms with E-state index in [1.54, 1.807) is 0 Å². The van der Waals surface area contributed by atoms with Gasteiger partial charge in [-0.2, -0.15) is 0 Å².